The lowest BCUT2D eigenvalue weighted by Gasteiger charge is -2.16. The van der Waals surface area contributed by atoms with Gasteiger partial charge in [-0.2, -0.15) is 5.26 Å². The lowest BCUT2D eigenvalue weighted by atomic mass is 10.2. The third kappa shape index (κ3) is 2.37. The smallest absolute Gasteiger partial charge is 0.258 e. The predicted molar refractivity (Wildman–Crippen MR) is 67.7 cm³/mol. The second-order valence-corrected chi connectivity index (χ2v) is 7.38. The molecule has 0 amide bonds. The number of halogens is 1. The van der Waals surface area contributed by atoms with E-state index in [2.05, 4.69) is 15.9 Å². The molecule has 0 aliphatic heterocycles. The Morgan fingerprint density at radius 1 is 1.44 bits per heavy atom. The summed E-state index contributed by atoms with van der Waals surface area (Å²) < 4.78 is 23.0. The molecule has 1 aromatic carbocycles. The average molecular weight is 333 g/mol. The molecule has 0 aromatic heterocycles. The van der Waals surface area contributed by atoms with Gasteiger partial charge in [-0.05, 0) is 26.0 Å². The minimum Gasteiger partial charge on any atom is -0.258 e. The van der Waals surface area contributed by atoms with Crippen molar-refractivity contribution in [2.75, 3.05) is 0 Å². The first-order valence-electron chi connectivity index (χ1n) is 4.73. The molecular formula is C10H9BrN2O4S. The fourth-order valence-electron chi connectivity index (χ4n) is 1.20. The highest BCUT2D eigenvalue weighted by molar-refractivity contribution is 9.10. The molecule has 6 nitrogen and oxygen atoms in total. The molecule has 1 rings (SSSR count). The molecule has 0 spiro atoms. The van der Waals surface area contributed by atoms with Crippen LogP contribution in [-0.2, 0) is 9.84 Å². The van der Waals surface area contributed by atoms with Crippen LogP contribution in [0.25, 0.3) is 0 Å². The molecule has 96 valence electrons. The molecule has 0 fully saturated rings. The number of sulfone groups is 1. The van der Waals surface area contributed by atoms with Gasteiger partial charge in [0.25, 0.3) is 5.69 Å². The number of hydrogen-bond acceptors (Lipinski definition) is 5. The van der Waals surface area contributed by atoms with E-state index in [0.717, 1.165) is 12.1 Å². The van der Waals surface area contributed by atoms with Crippen molar-refractivity contribution in [3.63, 3.8) is 0 Å². The van der Waals surface area contributed by atoms with Crippen LogP contribution in [0.2, 0.25) is 0 Å². The first-order chi connectivity index (χ1) is 8.13. The molecule has 0 saturated heterocycles. The van der Waals surface area contributed by atoms with Gasteiger partial charge in [0.1, 0.15) is 4.90 Å². The molecular weight excluding hydrogens is 324 g/mol. The Bertz CT molecular complexity index is 646. The van der Waals surface area contributed by atoms with Crippen LogP contribution in [0, 0.1) is 21.4 Å². The first kappa shape index (κ1) is 14.6. The normalized spacial score (nSPS) is 11.9. The molecule has 8 heteroatoms. The van der Waals surface area contributed by atoms with Gasteiger partial charge in [0, 0.05) is 10.5 Å². The third-order valence-electron chi connectivity index (χ3n) is 2.35. The fraction of sp³-hybridized carbons (Fsp3) is 0.300. The minimum atomic E-state index is -4.10. The van der Waals surface area contributed by atoms with Crippen LogP contribution in [0.15, 0.2) is 27.6 Å². The number of benzene rings is 1. The van der Waals surface area contributed by atoms with Crippen LogP contribution >= 0.6 is 15.9 Å². The summed E-state index contributed by atoms with van der Waals surface area (Å²) in [5.74, 6) is 0. The van der Waals surface area contributed by atoms with E-state index in [-0.39, 0.29) is 0 Å². The molecule has 0 atom stereocenters. The molecule has 0 heterocycles. The summed E-state index contributed by atoms with van der Waals surface area (Å²) in [7, 11) is -4.10. The summed E-state index contributed by atoms with van der Waals surface area (Å²) in [5.41, 5.74) is -0.548. The van der Waals surface area contributed by atoms with E-state index in [9.17, 15) is 18.5 Å². The van der Waals surface area contributed by atoms with Crippen molar-refractivity contribution in [2.24, 2.45) is 0 Å². The monoisotopic (exact) mass is 332 g/mol. The molecule has 0 saturated carbocycles. The number of nitriles is 1. The van der Waals surface area contributed by atoms with Gasteiger partial charge in [0.15, 0.2) is 4.75 Å². The zero-order valence-corrected chi connectivity index (χ0v) is 11.9. The summed E-state index contributed by atoms with van der Waals surface area (Å²) in [6.07, 6.45) is 0. The van der Waals surface area contributed by atoms with E-state index in [1.54, 1.807) is 6.07 Å². The Balaban J connectivity index is 3.63. The van der Waals surface area contributed by atoms with Gasteiger partial charge >= 0.3 is 0 Å². The molecule has 18 heavy (non-hydrogen) atoms. The second kappa shape index (κ2) is 4.66. The van der Waals surface area contributed by atoms with E-state index < -0.39 is 30.1 Å². The molecule has 0 bridgehead atoms. The standard InChI is InChI=1S/C10H9BrN2O4S/c1-10(2,6-12)18(16,17)9-4-3-7(11)5-8(9)13(14)15/h3-5H,1-2H3. The summed E-state index contributed by atoms with van der Waals surface area (Å²) in [5, 5.41) is 19.7. The minimum absolute atomic E-state index is 0.392. The predicted octanol–water partition coefficient (Wildman–Crippen LogP) is 2.43. The van der Waals surface area contributed by atoms with Gasteiger partial charge in [0.2, 0.25) is 9.84 Å². The van der Waals surface area contributed by atoms with Gasteiger partial charge in [-0.3, -0.25) is 10.1 Å². The SMILES string of the molecule is CC(C)(C#N)S(=O)(=O)c1ccc(Br)cc1[N+](=O)[O-]. The summed E-state index contributed by atoms with van der Waals surface area (Å²) in [4.78, 5) is 9.63. The lowest BCUT2D eigenvalue weighted by Crippen LogP contribution is -2.30. The van der Waals surface area contributed by atoms with E-state index in [1.807, 2.05) is 0 Å². The van der Waals surface area contributed by atoms with Crippen LogP contribution in [-0.4, -0.2) is 18.1 Å². The van der Waals surface area contributed by atoms with Crippen molar-refractivity contribution in [3.8, 4) is 6.07 Å². The van der Waals surface area contributed by atoms with E-state index in [1.165, 1.54) is 19.9 Å². The molecule has 0 N–H and O–H groups in total. The Labute approximate surface area is 112 Å². The maximum Gasteiger partial charge on any atom is 0.289 e. The molecule has 1 aromatic rings. The van der Waals surface area contributed by atoms with Crippen LogP contribution in [0.5, 0.6) is 0 Å². The number of rotatable bonds is 3. The fourth-order valence-corrected chi connectivity index (χ4v) is 2.87. The summed E-state index contributed by atoms with van der Waals surface area (Å²) in [6, 6.07) is 5.24. The van der Waals surface area contributed by atoms with Crippen molar-refractivity contribution in [1.82, 2.24) is 0 Å². The quantitative estimate of drug-likeness (QED) is 0.624. The zero-order chi connectivity index (χ0) is 14.1. The highest BCUT2D eigenvalue weighted by Gasteiger charge is 2.40. The average Bonchev–Trinajstić information content (AvgIpc) is 2.28. The number of nitrogens with zero attached hydrogens (tertiary/aromatic N) is 2. The largest absolute Gasteiger partial charge is 0.289 e. The zero-order valence-electron chi connectivity index (χ0n) is 9.55. The highest BCUT2D eigenvalue weighted by Crippen LogP contribution is 2.33. The van der Waals surface area contributed by atoms with Gasteiger partial charge in [-0.1, -0.05) is 15.9 Å². The second-order valence-electron chi connectivity index (χ2n) is 3.99. The van der Waals surface area contributed by atoms with Crippen molar-refractivity contribution < 1.29 is 13.3 Å². The van der Waals surface area contributed by atoms with Gasteiger partial charge < -0.3 is 0 Å². The van der Waals surface area contributed by atoms with Gasteiger partial charge in [-0.15, -0.1) is 0 Å². The van der Waals surface area contributed by atoms with Crippen LogP contribution in [0.3, 0.4) is 0 Å². The summed E-state index contributed by atoms with van der Waals surface area (Å²) >= 11 is 3.03. The topological polar surface area (TPSA) is 101 Å². The van der Waals surface area contributed by atoms with E-state index >= 15 is 0 Å². The Morgan fingerprint density at radius 2 is 2.00 bits per heavy atom. The Kier molecular flexibility index (Phi) is 3.78. The Hall–Kier alpha value is -1.46. The van der Waals surface area contributed by atoms with Crippen LogP contribution < -0.4 is 0 Å². The van der Waals surface area contributed by atoms with Gasteiger partial charge in [0.05, 0.1) is 11.0 Å². The van der Waals surface area contributed by atoms with Crippen molar-refractivity contribution in [1.29, 1.82) is 5.26 Å². The molecule has 0 radical (unpaired) electrons. The van der Waals surface area contributed by atoms with E-state index in [4.69, 9.17) is 5.26 Å². The van der Waals surface area contributed by atoms with Crippen LogP contribution in [0.1, 0.15) is 13.8 Å². The molecule has 0 aliphatic carbocycles. The maximum atomic E-state index is 12.2. The first-order valence-corrected chi connectivity index (χ1v) is 7.01. The maximum absolute atomic E-state index is 12.2. The molecule has 0 aliphatic rings. The summed E-state index contributed by atoms with van der Waals surface area (Å²) in [6.45, 7) is 2.40. The van der Waals surface area contributed by atoms with Crippen molar-refractivity contribution in [2.45, 2.75) is 23.5 Å². The highest BCUT2D eigenvalue weighted by atomic mass is 79.9. The van der Waals surface area contributed by atoms with Crippen molar-refractivity contribution in [3.05, 3.63) is 32.8 Å². The van der Waals surface area contributed by atoms with Gasteiger partial charge in [-0.25, -0.2) is 8.42 Å². The Morgan fingerprint density at radius 3 is 2.44 bits per heavy atom. The number of hydrogen-bond donors (Lipinski definition) is 0. The number of nitro groups is 1. The number of nitro benzene ring substituents is 1. The third-order valence-corrected chi connectivity index (χ3v) is 5.20. The molecule has 0 unspecified atom stereocenters. The van der Waals surface area contributed by atoms with E-state index in [0.29, 0.717) is 4.47 Å². The lowest BCUT2D eigenvalue weighted by molar-refractivity contribution is -0.387. The van der Waals surface area contributed by atoms with Crippen molar-refractivity contribution >= 4 is 31.5 Å². The van der Waals surface area contributed by atoms with Crippen LogP contribution in [0.4, 0.5) is 5.69 Å².